The summed E-state index contributed by atoms with van der Waals surface area (Å²) >= 11 is 0. The first kappa shape index (κ1) is 16.5. The van der Waals surface area contributed by atoms with Gasteiger partial charge < -0.3 is 10.4 Å². The number of ketones is 1. The number of nitrogens with one attached hydrogen (secondary N) is 1. The number of amides is 1. The molecule has 0 radical (unpaired) electrons. The summed E-state index contributed by atoms with van der Waals surface area (Å²) < 4.78 is 0. The van der Waals surface area contributed by atoms with E-state index in [2.05, 4.69) is 5.32 Å². The quantitative estimate of drug-likeness (QED) is 0.647. The lowest BCUT2D eigenvalue weighted by atomic mass is 10.1. The molecule has 0 aliphatic rings. The van der Waals surface area contributed by atoms with E-state index in [-0.39, 0.29) is 17.4 Å². The Labute approximate surface area is 135 Å². The van der Waals surface area contributed by atoms with Crippen molar-refractivity contribution in [3.05, 3.63) is 65.2 Å². The Hall–Kier alpha value is -2.88. The second kappa shape index (κ2) is 7.40. The van der Waals surface area contributed by atoms with Gasteiger partial charge >= 0.3 is 0 Å². The molecule has 0 heterocycles. The maximum Gasteiger partial charge on any atom is 0.251 e. The molecule has 0 aliphatic carbocycles. The van der Waals surface area contributed by atoms with E-state index in [0.29, 0.717) is 23.2 Å². The minimum Gasteiger partial charge on any atom is -0.508 e. The van der Waals surface area contributed by atoms with Gasteiger partial charge in [-0.25, -0.2) is 0 Å². The SMILES string of the molecule is CCC(=O)c1ccc(NC(=O)/C(C)=C/c2ccc(O)cc2)cc1. The van der Waals surface area contributed by atoms with Crippen molar-refractivity contribution < 1.29 is 14.7 Å². The Morgan fingerprint density at radius 3 is 2.22 bits per heavy atom. The minimum absolute atomic E-state index is 0.0753. The Morgan fingerprint density at radius 1 is 1.04 bits per heavy atom. The Balaban J connectivity index is 2.06. The molecule has 0 atom stereocenters. The number of hydrogen-bond acceptors (Lipinski definition) is 3. The molecular weight excluding hydrogens is 290 g/mol. The molecule has 2 aromatic carbocycles. The van der Waals surface area contributed by atoms with Crippen molar-refractivity contribution in [3.8, 4) is 5.75 Å². The van der Waals surface area contributed by atoms with Gasteiger partial charge in [0.2, 0.25) is 0 Å². The van der Waals surface area contributed by atoms with Crippen LogP contribution in [-0.2, 0) is 4.79 Å². The molecule has 0 saturated heterocycles. The van der Waals surface area contributed by atoms with Crippen molar-refractivity contribution in [1.82, 2.24) is 0 Å². The van der Waals surface area contributed by atoms with Gasteiger partial charge in [0.15, 0.2) is 5.78 Å². The van der Waals surface area contributed by atoms with Crippen LogP contribution in [0.25, 0.3) is 6.08 Å². The molecule has 1 amide bonds. The van der Waals surface area contributed by atoms with E-state index in [4.69, 9.17) is 0 Å². The lowest BCUT2D eigenvalue weighted by Crippen LogP contribution is -2.12. The van der Waals surface area contributed by atoms with Crippen LogP contribution in [0.15, 0.2) is 54.1 Å². The molecule has 0 bridgehead atoms. The van der Waals surface area contributed by atoms with Gasteiger partial charge in [0.1, 0.15) is 5.75 Å². The number of benzene rings is 2. The number of phenols is 1. The largest absolute Gasteiger partial charge is 0.508 e. The normalized spacial score (nSPS) is 11.1. The van der Waals surface area contributed by atoms with Crippen LogP contribution >= 0.6 is 0 Å². The number of anilines is 1. The zero-order chi connectivity index (χ0) is 16.8. The average Bonchev–Trinajstić information content (AvgIpc) is 2.56. The highest BCUT2D eigenvalue weighted by molar-refractivity contribution is 6.06. The van der Waals surface area contributed by atoms with E-state index >= 15 is 0 Å². The van der Waals surface area contributed by atoms with Crippen LogP contribution in [0.1, 0.15) is 36.2 Å². The molecule has 0 saturated carbocycles. The van der Waals surface area contributed by atoms with Gasteiger partial charge in [0.25, 0.3) is 5.91 Å². The van der Waals surface area contributed by atoms with Crippen molar-refractivity contribution in [2.75, 3.05) is 5.32 Å². The molecule has 0 unspecified atom stereocenters. The fourth-order valence-electron chi connectivity index (χ4n) is 2.06. The fourth-order valence-corrected chi connectivity index (χ4v) is 2.06. The van der Waals surface area contributed by atoms with E-state index in [1.165, 1.54) is 0 Å². The van der Waals surface area contributed by atoms with Crippen LogP contribution in [-0.4, -0.2) is 16.8 Å². The predicted octanol–water partition coefficient (Wildman–Crippen LogP) is 4.03. The van der Waals surface area contributed by atoms with E-state index < -0.39 is 0 Å². The van der Waals surface area contributed by atoms with E-state index in [1.807, 2.05) is 6.92 Å². The molecule has 23 heavy (non-hydrogen) atoms. The molecule has 2 aromatic rings. The predicted molar refractivity (Wildman–Crippen MR) is 91.5 cm³/mol. The van der Waals surface area contributed by atoms with Crippen molar-refractivity contribution in [2.24, 2.45) is 0 Å². The first-order valence-corrected chi connectivity index (χ1v) is 7.41. The summed E-state index contributed by atoms with van der Waals surface area (Å²) in [6.07, 6.45) is 2.20. The van der Waals surface area contributed by atoms with Crippen LogP contribution in [0.3, 0.4) is 0 Å². The molecule has 4 heteroatoms. The topological polar surface area (TPSA) is 66.4 Å². The third-order valence-corrected chi connectivity index (χ3v) is 3.42. The van der Waals surface area contributed by atoms with Gasteiger partial charge in [-0.3, -0.25) is 9.59 Å². The van der Waals surface area contributed by atoms with Crippen molar-refractivity contribution in [2.45, 2.75) is 20.3 Å². The summed E-state index contributed by atoms with van der Waals surface area (Å²) in [6, 6.07) is 13.5. The lowest BCUT2D eigenvalue weighted by molar-refractivity contribution is -0.112. The average molecular weight is 309 g/mol. The number of Topliss-reactive ketones (excluding diaryl/α,β-unsaturated/α-hetero) is 1. The number of hydrogen-bond donors (Lipinski definition) is 2. The Bertz CT molecular complexity index is 728. The molecular formula is C19H19NO3. The summed E-state index contributed by atoms with van der Waals surface area (Å²) in [5, 5.41) is 12.0. The zero-order valence-electron chi connectivity index (χ0n) is 13.2. The number of carbonyl (C=O) groups excluding carboxylic acids is 2. The smallest absolute Gasteiger partial charge is 0.251 e. The highest BCUT2D eigenvalue weighted by Crippen LogP contribution is 2.15. The third-order valence-electron chi connectivity index (χ3n) is 3.42. The Morgan fingerprint density at radius 2 is 1.65 bits per heavy atom. The maximum atomic E-state index is 12.2. The van der Waals surface area contributed by atoms with Crippen molar-refractivity contribution in [3.63, 3.8) is 0 Å². The minimum atomic E-state index is -0.215. The molecule has 2 N–H and O–H groups in total. The van der Waals surface area contributed by atoms with E-state index in [9.17, 15) is 14.7 Å². The maximum absolute atomic E-state index is 12.2. The molecule has 4 nitrogen and oxygen atoms in total. The van der Waals surface area contributed by atoms with Gasteiger partial charge in [-0.1, -0.05) is 19.1 Å². The summed E-state index contributed by atoms with van der Waals surface area (Å²) in [5.74, 6) is 0.0462. The van der Waals surface area contributed by atoms with Gasteiger partial charge in [0.05, 0.1) is 0 Å². The second-order valence-corrected chi connectivity index (χ2v) is 5.23. The Kier molecular flexibility index (Phi) is 5.31. The molecule has 0 spiro atoms. The number of rotatable bonds is 5. The van der Waals surface area contributed by atoms with Crippen molar-refractivity contribution >= 4 is 23.5 Å². The highest BCUT2D eigenvalue weighted by Gasteiger charge is 2.07. The van der Waals surface area contributed by atoms with E-state index in [1.54, 1.807) is 61.5 Å². The summed E-state index contributed by atoms with van der Waals surface area (Å²) in [5.41, 5.74) is 2.66. The van der Waals surface area contributed by atoms with Gasteiger partial charge in [0, 0.05) is 23.2 Å². The second-order valence-electron chi connectivity index (χ2n) is 5.23. The lowest BCUT2D eigenvalue weighted by Gasteiger charge is -2.06. The zero-order valence-corrected chi connectivity index (χ0v) is 13.2. The first-order chi connectivity index (χ1) is 11.0. The monoisotopic (exact) mass is 309 g/mol. The highest BCUT2D eigenvalue weighted by atomic mass is 16.3. The number of aromatic hydroxyl groups is 1. The van der Waals surface area contributed by atoms with Crippen LogP contribution < -0.4 is 5.32 Å². The molecule has 0 aliphatic heterocycles. The van der Waals surface area contributed by atoms with Crippen LogP contribution in [0.2, 0.25) is 0 Å². The molecule has 0 aromatic heterocycles. The van der Waals surface area contributed by atoms with E-state index in [0.717, 1.165) is 5.56 Å². The van der Waals surface area contributed by atoms with Gasteiger partial charge in [-0.05, 0) is 55.0 Å². The van der Waals surface area contributed by atoms with Crippen molar-refractivity contribution in [1.29, 1.82) is 0 Å². The first-order valence-electron chi connectivity index (χ1n) is 7.41. The fraction of sp³-hybridized carbons (Fsp3) is 0.158. The van der Waals surface area contributed by atoms with Crippen LogP contribution in [0.4, 0.5) is 5.69 Å². The molecule has 0 fully saturated rings. The standard InChI is InChI=1S/C19H19NO3/c1-3-18(22)15-6-8-16(9-7-15)20-19(23)13(2)12-14-4-10-17(21)11-5-14/h4-12,21H,3H2,1-2H3,(H,20,23)/b13-12+. The van der Waals surface area contributed by atoms with Gasteiger partial charge in [-0.15, -0.1) is 0 Å². The number of phenolic OH excluding ortho intramolecular Hbond substituents is 1. The van der Waals surface area contributed by atoms with Gasteiger partial charge in [-0.2, -0.15) is 0 Å². The molecule has 118 valence electrons. The van der Waals surface area contributed by atoms with Crippen LogP contribution in [0, 0.1) is 0 Å². The summed E-state index contributed by atoms with van der Waals surface area (Å²) in [7, 11) is 0. The third kappa shape index (κ3) is 4.54. The number of carbonyl (C=O) groups is 2. The molecule has 2 rings (SSSR count). The summed E-state index contributed by atoms with van der Waals surface area (Å²) in [6.45, 7) is 3.53. The van der Waals surface area contributed by atoms with Crippen LogP contribution in [0.5, 0.6) is 5.75 Å². The summed E-state index contributed by atoms with van der Waals surface area (Å²) in [4.78, 5) is 23.7.